The van der Waals surface area contributed by atoms with Gasteiger partial charge in [0.2, 0.25) is 5.95 Å². The standard InChI is InChI=1S/C19H15N5O4/c1-28-18(27)16-14(17(26)12-5-3-2-4-6-12)15(11-7-9-13(25)10-8-11)20-19-21-22-23-24(16)19/h2-10,15,25H,1H3,(H,20,21,23)/t15-/m1/s1. The Labute approximate surface area is 159 Å². The summed E-state index contributed by atoms with van der Waals surface area (Å²) in [5.41, 5.74) is 1.13. The molecule has 1 atom stereocenters. The molecular formula is C19H15N5O4. The number of benzene rings is 2. The summed E-state index contributed by atoms with van der Waals surface area (Å²) in [5, 5.41) is 24.0. The number of aromatic hydroxyl groups is 1. The molecule has 9 heteroatoms. The molecule has 1 aliphatic rings. The van der Waals surface area contributed by atoms with Crippen LogP contribution in [0.5, 0.6) is 5.75 Å². The van der Waals surface area contributed by atoms with Crippen LogP contribution < -0.4 is 5.32 Å². The van der Waals surface area contributed by atoms with Crippen LogP contribution in [-0.2, 0) is 9.53 Å². The number of methoxy groups -OCH3 is 1. The zero-order valence-corrected chi connectivity index (χ0v) is 14.7. The van der Waals surface area contributed by atoms with E-state index in [1.54, 1.807) is 42.5 Å². The number of nitrogens with zero attached hydrogens (tertiary/aromatic N) is 4. The summed E-state index contributed by atoms with van der Waals surface area (Å²) >= 11 is 0. The molecule has 0 amide bonds. The summed E-state index contributed by atoms with van der Waals surface area (Å²) in [5.74, 6) is -0.827. The summed E-state index contributed by atoms with van der Waals surface area (Å²) < 4.78 is 6.05. The van der Waals surface area contributed by atoms with Crippen molar-refractivity contribution in [3.63, 3.8) is 0 Å². The second kappa shape index (κ2) is 6.95. The number of hydrogen-bond donors (Lipinski definition) is 2. The summed E-state index contributed by atoms with van der Waals surface area (Å²) in [7, 11) is 1.22. The topological polar surface area (TPSA) is 119 Å². The molecule has 9 nitrogen and oxygen atoms in total. The Hall–Kier alpha value is -4.01. The summed E-state index contributed by atoms with van der Waals surface area (Å²) in [4.78, 5) is 26.0. The molecular weight excluding hydrogens is 362 g/mol. The lowest BCUT2D eigenvalue weighted by Gasteiger charge is -2.28. The van der Waals surface area contributed by atoms with Gasteiger partial charge in [0.1, 0.15) is 5.75 Å². The first-order valence-corrected chi connectivity index (χ1v) is 8.36. The van der Waals surface area contributed by atoms with Gasteiger partial charge in [-0.2, -0.15) is 4.68 Å². The van der Waals surface area contributed by atoms with Crippen LogP contribution in [0.4, 0.5) is 5.95 Å². The highest BCUT2D eigenvalue weighted by Crippen LogP contribution is 2.37. The minimum Gasteiger partial charge on any atom is -0.508 e. The average molecular weight is 377 g/mol. The van der Waals surface area contributed by atoms with Crippen LogP contribution in [0.3, 0.4) is 0 Å². The Morgan fingerprint density at radius 3 is 2.50 bits per heavy atom. The van der Waals surface area contributed by atoms with E-state index in [0.29, 0.717) is 11.1 Å². The van der Waals surface area contributed by atoms with E-state index in [-0.39, 0.29) is 28.8 Å². The number of phenolic OH excluding ortho intramolecular Hbond substituents is 1. The molecule has 0 aliphatic carbocycles. The van der Waals surface area contributed by atoms with Crippen LogP contribution in [-0.4, -0.2) is 44.2 Å². The molecule has 2 heterocycles. The highest BCUT2D eigenvalue weighted by Gasteiger charge is 2.38. The molecule has 1 aliphatic heterocycles. The van der Waals surface area contributed by atoms with Gasteiger partial charge in [-0.25, -0.2) is 4.79 Å². The first-order chi connectivity index (χ1) is 13.6. The van der Waals surface area contributed by atoms with E-state index in [1.807, 2.05) is 0 Å². The van der Waals surface area contributed by atoms with E-state index in [0.717, 1.165) is 4.68 Å². The van der Waals surface area contributed by atoms with Gasteiger partial charge in [-0.3, -0.25) is 4.79 Å². The molecule has 4 rings (SSSR count). The van der Waals surface area contributed by atoms with Crippen molar-refractivity contribution in [2.75, 3.05) is 12.4 Å². The molecule has 0 unspecified atom stereocenters. The third-order valence-corrected chi connectivity index (χ3v) is 4.38. The number of Topliss-reactive ketones (excluding diaryl/α,β-unsaturated/α-hetero) is 1. The Morgan fingerprint density at radius 1 is 1.11 bits per heavy atom. The van der Waals surface area contributed by atoms with Crippen molar-refractivity contribution >= 4 is 23.4 Å². The number of aromatic nitrogens is 4. The molecule has 140 valence electrons. The fourth-order valence-corrected chi connectivity index (χ4v) is 3.07. The molecule has 3 aromatic rings. The number of ketones is 1. The van der Waals surface area contributed by atoms with Gasteiger partial charge in [-0.05, 0) is 28.1 Å². The second-order valence-electron chi connectivity index (χ2n) is 6.03. The first-order valence-electron chi connectivity index (χ1n) is 8.36. The van der Waals surface area contributed by atoms with Gasteiger partial charge in [-0.15, -0.1) is 0 Å². The van der Waals surface area contributed by atoms with Crippen molar-refractivity contribution in [1.29, 1.82) is 0 Å². The highest BCUT2D eigenvalue weighted by atomic mass is 16.5. The minimum absolute atomic E-state index is 0.0619. The van der Waals surface area contributed by atoms with Gasteiger partial charge in [0.15, 0.2) is 11.5 Å². The van der Waals surface area contributed by atoms with E-state index in [9.17, 15) is 14.7 Å². The SMILES string of the molecule is COC(=O)C1=C(C(=O)c2ccccc2)[C@@H](c2ccc(O)cc2)Nc2nnnn21. The number of phenols is 1. The minimum atomic E-state index is -0.738. The van der Waals surface area contributed by atoms with E-state index in [2.05, 4.69) is 20.8 Å². The highest BCUT2D eigenvalue weighted by molar-refractivity contribution is 6.24. The molecule has 0 radical (unpaired) electrons. The number of tetrazole rings is 1. The maximum atomic E-state index is 13.4. The number of nitrogens with one attached hydrogen (secondary N) is 1. The number of anilines is 1. The Balaban J connectivity index is 1.96. The number of carbonyl (C=O) groups excluding carboxylic acids is 2. The molecule has 0 fully saturated rings. The monoisotopic (exact) mass is 377 g/mol. The number of rotatable bonds is 4. The van der Waals surface area contributed by atoms with Crippen molar-refractivity contribution < 1.29 is 19.4 Å². The zero-order valence-electron chi connectivity index (χ0n) is 14.7. The lowest BCUT2D eigenvalue weighted by molar-refractivity contribution is -0.134. The third-order valence-electron chi connectivity index (χ3n) is 4.38. The number of esters is 1. The van der Waals surface area contributed by atoms with Gasteiger partial charge in [0.25, 0.3) is 0 Å². The number of carbonyl (C=O) groups is 2. The largest absolute Gasteiger partial charge is 0.508 e. The maximum absolute atomic E-state index is 13.4. The third kappa shape index (κ3) is 2.88. The van der Waals surface area contributed by atoms with E-state index >= 15 is 0 Å². The lowest BCUT2D eigenvalue weighted by Crippen LogP contribution is -2.31. The predicted molar refractivity (Wildman–Crippen MR) is 98.3 cm³/mol. The van der Waals surface area contributed by atoms with Crippen LogP contribution in [0.25, 0.3) is 5.70 Å². The second-order valence-corrected chi connectivity index (χ2v) is 6.03. The fourth-order valence-electron chi connectivity index (χ4n) is 3.07. The van der Waals surface area contributed by atoms with Crippen LogP contribution in [0.2, 0.25) is 0 Å². The van der Waals surface area contributed by atoms with E-state index < -0.39 is 12.0 Å². The lowest BCUT2D eigenvalue weighted by atomic mass is 9.89. The van der Waals surface area contributed by atoms with E-state index in [1.165, 1.54) is 19.2 Å². The normalized spacial score (nSPS) is 15.5. The van der Waals surface area contributed by atoms with Crippen molar-refractivity contribution in [1.82, 2.24) is 20.2 Å². The van der Waals surface area contributed by atoms with Gasteiger partial charge in [-0.1, -0.05) is 47.6 Å². The van der Waals surface area contributed by atoms with Crippen molar-refractivity contribution in [3.05, 3.63) is 71.3 Å². The van der Waals surface area contributed by atoms with Gasteiger partial charge in [0, 0.05) is 5.56 Å². The van der Waals surface area contributed by atoms with Crippen molar-refractivity contribution in [3.8, 4) is 5.75 Å². The van der Waals surface area contributed by atoms with Crippen LogP contribution in [0.15, 0.2) is 60.2 Å². The smallest absolute Gasteiger partial charge is 0.357 e. The Morgan fingerprint density at radius 2 is 1.82 bits per heavy atom. The fraction of sp³-hybridized carbons (Fsp3) is 0.105. The average Bonchev–Trinajstić information content (AvgIpc) is 3.21. The molecule has 28 heavy (non-hydrogen) atoms. The van der Waals surface area contributed by atoms with Crippen LogP contribution >= 0.6 is 0 Å². The first kappa shape index (κ1) is 17.4. The Bertz CT molecular complexity index is 1070. The maximum Gasteiger partial charge on any atom is 0.357 e. The predicted octanol–water partition coefficient (Wildman–Crippen LogP) is 1.81. The Kier molecular flexibility index (Phi) is 4.32. The van der Waals surface area contributed by atoms with E-state index in [4.69, 9.17) is 4.74 Å². The van der Waals surface area contributed by atoms with Crippen LogP contribution in [0.1, 0.15) is 22.0 Å². The number of ether oxygens (including phenoxy) is 1. The molecule has 0 saturated heterocycles. The van der Waals surface area contributed by atoms with Gasteiger partial charge in [0.05, 0.1) is 18.7 Å². The number of fused-ring (bicyclic) bond motifs is 1. The summed E-state index contributed by atoms with van der Waals surface area (Å²) in [6.45, 7) is 0. The summed E-state index contributed by atoms with van der Waals surface area (Å²) in [6, 6.07) is 14.2. The molecule has 2 N–H and O–H groups in total. The molecule has 0 bridgehead atoms. The molecule has 2 aromatic carbocycles. The summed E-state index contributed by atoms with van der Waals surface area (Å²) in [6.07, 6.45) is 0. The van der Waals surface area contributed by atoms with Crippen molar-refractivity contribution in [2.24, 2.45) is 0 Å². The van der Waals surface area contributed by atoms with Gasteiger partial charge >= 0.3 is 5.97 Å². The molecule has 0 saturated carbocycles. The zero-order chi connectivity index (χ0) is 19.7. The molecule has 1 aromatic heterocycles. The van der Waals surface area contributed by atoms with Gasteiger partial charge < -0.3 is 15.2 Å². The number of hydrogen-bond acceptors (Lipinski definition) is 8. The van der Waals surface area contributed by atoms with Crippen LogP contribution in [0, 0.1) is 0 Å². The van der Waals surface area contributed by atoms with Crippen molar-refractivity contribution in [2.45, 2.75) is 6.04 Å². The quantitative estimate of drug-likeness (QED) is 0.522. The molecule has 0 spiro atoms.